The van der Waals surface area contributed by atoms with E-state index in [9.17, 15) is 4.39 Å². The van der Waals surface area contributed by atoms with E-state index in [1.807, 2.05) is 42.5 Å². The number of ether oxygens (including phenoxy) is 3. The lowest BCUT2D eigenvalue weighted by atomic mass is 10.1. The molecule has 3 heterocycles. The van der Waals surface area contributed by atoms with Crippen molar-refractivity contribution in [1.82, 2.24) is 19.7 Å². The molecule has 180 valence electrons. The summed E-state index contributed by atoms with van der Waals surface area (Å²) in [7, 11) is 1.60. The maximum atomic E-state index is 13.5. The maximum Gasteiger partial charge on any atom is 0.231 e. The first-order chi connectivity index (χ1) is 17.6. The standard InChI is InChI=1S/C26H21FN6O3/c1-34-19-5-3-2-4-18(19)23-22-24(28)33(17-9-7-16(27)8-10-17)32-25(22)31-26(30-23)29-13-15-6-11-20-21(12-15)36-14-35-20/h2-12H,13-14,28H2,1H3,(H,29,31,32). The van der Waals surface area contributed by atoms with Crippen LogP contribution in [0.15, 0.2) is 66.7 Å². The van der Waals surface area contributed by atoms with Crippen molar-refractivity contribution >= 4 is 22.8 Å². The minimum absolute atomic E-state index is 0.215. The van der Waals surface area contributed by atoms with Gasteiger partial charge in [-0.15, -0.1) is 5.10 Å². The molecule has 0 saturated carbocycles. The molecular formula is C26H21FN6O3. The summed E-state index contributed by atoms with van der Waals surface area (Å²) in [6, 6.07) is 19.2. The first-order valence-electron chi connectivity index (χ1n) is 11.2. The fraction of sp³-hybridized carbons (Fsp3) is 0.115. The molecule has 1 aliphatic heterocycles. The first kappa shape index (κ1) is 21.7. The zero-order valence-electron chi connectivity index (χ0n) is 19.2. The van der Waals surface area contributed by atoms with E-state index < -0.39 is 0 Å². The molecule has 0 unspecified atom stereocenters. The number of anilines is 2. The Morgan fingerprint density at radius 1 is 1.03 bits per heavy atom. The molecule has 0 bridgehead atoms. The van der Waals surface area contributed by atoms with Crippen molar-refractivity contribution in [2.75, 3.05) is 25.0 Å². The van der Waals surface area contributed by atoms with E-state index >= 15 is 0 Å². The highest BCUT2D eigenvalue weighted by molar-refractivity contribution is 6.00. The molecule has 3 aromatic carbocycles. The molecule has 0 spiro atoms. The number of methoxy groups -OCH3 is 1. The normalized spacial score (nSPS) is 12.2. The van der Waals surface area contributed by atoms with Crippen LogP contribution < -0.4 is 25.3 Å². The number of fused-ring (bicyclic) bond motifs is 2. The molecule has 9 nitrogen and oxygen atoms in total. The van der Waals surface area contributed by atoms with Gasteiger partial charge in [-0.05, 0) is 54.1 Å². The van der Waals surface area contributed by atoms with Crippen molar-refractivity contribution in [3.05, 3.63) is 78.1 Å². The number of nitrogens with one attached hydrogen (secondary N) is 1. The van der Waals surface area contributed by atoms with Crippen LogP contribution in [0.3, 0.4) is 0 Å². The van der Waals surface area contributed by atoms with Gasteiger partial charge in [0, 0.05) is 12.1 Å². The van der Waals surface area contributed by atoms with Gasteiger partial charge in [0.05, 0.1) is 23.9 Å². The van der Waals surface area contributed by atoms with Crippen molar-refractivity contribution in [1.29, 1.82) is 0 Å². The van der Waals surface area contributed by atoms with Crippen LogP contribution in [0.2, 0.25) is 0 Å². The zero-order valence-corrected chi connectivity index (χ0v) is 19.2. The number of nitrogen functional groups attached to an aromatic ring is 1. The maximum absolute atomic E-state index is 13.5. The van der Waals surface area contributed by atoms with Crippen LogP contribution in [-0.2, 0) is 6.54 Å². The van der Waals surface area contributed by atoms with E-state index in [1.165, 1.54) is 16.8 Å². The SMILES string of the molecule is COc1ccccc1-c1nc(NCc2ccc3c(c2)OCO3)nc2nn(-c3ccc(F)cc3)c(N)c12. The lowest BCUT2D eigenvalue weighted by Crippen LogP contribution is -2.05. The molecule has 0 aliphatic carbocycles. The van der Waals surface area contributed by atoms with Crippen LogP contribution in [0.25, 0.3) is 28.0 Å². The number of halogens is 1. The summed E-state index contributed by atoms with van der Waals surface area (Å²) < 4.78 is 31.5. The summed E-state index contributed by atoms with van der Waals surface area (Å²) in [6.07, 6.45) is 0. The van der Waals surface area contributed by atoms with Crippen molar-refractivity contribution < 1.29 is 18.6 Å². The van der Waals surface area contributed by atoms with E-state index in [-0.39, 0.29) is 12.6 Å². The van der Waals surface area contributed by atoms with E-state index in [4.69, 9.17) is 24.9 Å². The Balaban J connectivity index is 1.45. The summed E-state index contributed by atoms with van der Waals surface area (Å²) in [6.45, 7) is 0.661. The molecule has 1 aliphatic rings. The van der Waals surface area contributed by atoms with Crippen LogP contribution in [0.5, 0.6) is 17.2 Å². The highest BCUT2D eigenvalue weighted by atomic mass is 19.1. The van der Waals surface area contributed by atoms with Gasteiger partial charge in [-0.3, -0.25) is 0 Å². The molecule has 0 amide bonds. The summed E-state index contributed by atoms with van der Waals surface area (Å²) in [5, 5.41) is 8.45. The Labute approximate surface area is 205 Å². The third kappa shape index (κ3) is 3.78. The predicted molar refractivity (Wildman–Crippen MR) is 133 cm³/mol. The number of hydrogen-bond donors (Lipinski definition) is 2. The molecule has 0 radical (unpaired) electrons. The van der Waals surface area contributed by atoms with Crippen LogP contribution in [0.1, 0.15) is 5.56 Å². The Hall–Kier alpha value is -4.86. The number of benzene rings is 3. The third-order valence-electron chi connectivity index (χ3n) is 5.89. The van der Waals surface area contributed by atoms with Crippen molar-refractivity contribution in [2.24, 2.45) is 0 Å². The average Bonchev–Trinajstić information content (AvgIpc) is 3.51. The second kappa shape index (κ2) is 8.73. The van der Waals surface area contributed by atoms with Crippen LogP contribution in [0, 0.1) is 5.82 Å². The molecule has 10 heteroatoms. The quantitative estimate of drug-likeness (QED) is 0.361. The molecule has 0 atom stereocenters. The number of nitrogens with two attached hydrogens (primary N) is 1. The van der Waals surface area contributed by atoms with E-state index in [0.717, 1.165) is 16.9 Å². The van der Waals surface area contributed by atoms with Crippen molar-refractivity contribution in [3.63, 3.8) is 0 Å². The summed E-state index contributed by atoms with van der Waals surface area (Å²) in [5.41, 5.74) is 9.82. The van der Waals surface area contributed by atoms with Crippen molar-refractivity contribution in [3.8, 4) is 34.2 Å². The predicted octanol–water partition coefficient (Wildman–Crippen LogP) is 4.55. The average molecular weight is 484 g/mol. The highest BCUT2D eigenvalue weighted by Gasteiger charge is 2.21. The molecule has 0 fully saturated rings. The van der Waals surface area contributed by atoms with Gasteiger partial charge >= 0.3 is 0 Å². The minimum Gasteiger partial charge on any atom is -0.496 e. The Morgan fingerprint density at radius 2 is 1.83 bits per heavy atom. The van der Waals surface area contributed by atoms with Gasteiger partial charge < -0.3 is 25.3 Å². The summed E-state index contributed by atoms with van der Waals surface area (Å²) in [5.74, 6) is 2.40. The molecule has 6 rings (SSSR count). The largest absolute Gasteiger partial charge is 0.496 e. The summed E-state index contributed by atoms with van der Waals surface area (Å²) in [4.78, 5) is 9.42. The second-order valence-corrected chi connectivity index (χ2v) is 8.11. The Kier molecular flexibility index (Phi) is 5.25. The fourth-order valence-corrected chi connectivity index (χ4v) is 4.14. The van der Waals surface area contributed by atoms with Gasteiger partial charge in [-0.1, -0.05) is 18.2 Å². The van der Waals surface area contributed by atoms with Gasteiger partial charge in [0.25, 0.3) is 0 Å². The molecular weight excluding hydrogens is 463 g/mol. The number of aromatic nitrogens is 4. The molecule has 3 N–H and O–H groups in total. The topological polar surface area (TPSA) is 109 Å². The van der Waals surface area contributed by atoms with Gasteiger partial charge in [-0.2, -0.15) is 4.98 Å². The zero-order chi connectivity index (χ0) is 24.6. The molecule has 2 aromatic heterocycles. The third-order valence-corrected chi connectivity index (χ3v) is 5.89. The number of rotatable bonds is 6. The van der Waals surface area contributed by atoms with E-state index in [1.54, 1.807) is 19.2 Å². The monoisotopic (exact) mass is 484 g/mol. The lowest BCUT2D eigenvalue weighted by molar-refractivity contribution is 0.174. The number of nitrogens with zero attached hydrogens (tertiary/aromatic N) is 4. The lowest BCUT2D eigenvalue weighted by Gasteiger charge is -2.11. The Morgan fingerprint density at radius 3 is 2.67 bits per heavy atom. The smallest absolute Gasteiger partial charge is 0.231 e. The van der Waals surface area contributed by atoms with Gasteiger partial charge in [-0.25, -0.2) is 14.1 Å². The minimum atomic E-state index is -0.349. The first-order valence-corrected chi connectivity index (χ1v) is 11.2. The molecule has 36 heavy (non-hydrogen) atoms. The van der Waals surface area contributed by atoms with E-state index in [0.29, 0.717) is 52.2 Å². The second-order valence-electron chi connectivity index (χ2n) is 8.11. The summed E-state index contributed by atoms with van der Waals surface area (Å²) >= 11 is 0. The number of hydrogen-bond acceptors (Lipinski definition) is 8. The highest BCUT2D eigenvalue weighted by Crippen LogP contribution is 2.37. The van der Waals surface area contributed by atoms with Gasteiger partial charge in [0.2, 0.25) is 12.7 Å². The fourth-order valence-electron chi connectivity index (χ4n) is 4.14. The molecule has 5 aromatic rings. The van der Waals surface area contributed by atoms with Crippen molar-refractivity contribution in [2.45, 2.75) is 6.54 Å². The van der Waals surface area contributed by atoms with Crippen LogP contribution in [-0.4, -0.2) is 33.7 Å². The van der Waals surface area contributed by atoms with Crippen LogP contribution >= 0.6 is 0 Å². The Bertz CT molecular complexity index is 1590. The van der Waals surface area contributed by atoms with Gasteiger partial charge in [0.15, 0.2) is 17.1 Å². The number of para-hydroxylation sites is 1. The van der Waals surface area contributed by atoms with E-state index in [2.05, 4.69) is 15.4 Å². The molecule has 0 saturated heterocycles. The van der Waals surface area contributed by atoms with Gasteiger partial charge in [0.1, 0.15) is 17.4 Å². The van der Waals surface area contributed by atoms with Crippen LogP contribution in [0.4, 0.5) is 16.2 Å².